The molecule has 0 aromatic carbocycles. The zero-order valence-corrected chi connectivity index (χ0v) is 7.28. The third-order valence-corrected chi connectivity index (χ3v) is 0. The Kier molecular flexibility index (Phi) is 214. The van der Waals surface area contributed by atoms with Gasteiger partial charge in [0.15, 0.2) is 0 Å². The topological polar surface area (TPSA) is 115 Å². The van der Waals surface area contributed by atoms with Crippen LogP contribution in [0.5, 0.6) is 0 Å². The van der Waals surface area contributed by atoms with Crippen LogP contribution in [-0.4, -0.2) is 167 Å². The fraction of sp³-hybridized carbons (Fsp3) is 0. The van der Waals surface area contributed by atoms with Crippen molar-refractivity contribution in [2.75, 3.05) is 0 Å². The standard InChI is InChI=1S/2CH2O3.2Ca.3ClH.2Na.6H/c2*2-1(3)4;;;;;;;;;;;;;/h2*(H2,2,3,4);;;3*1H;;;;;;;;. The maximum absolute atomic E-state index is 8.56. The van der Waals surface area contributed by atoms with Crippen LogP contribution in [-0.2, 0) is 0 Å². The molecule has 0 rings (SSSR count). The van der Waals surface area contributed by atoms with Gasteiger partial charge in [0, 0.05) is 0 Å². The van der Waals surface area contributed by atoms with Gasteiger partial charge in [-0.3, -0.25) is 0 Å². The second kappa shape index (κ2) is 52.1. The summed E-state index contributed by atoms with van der Waals surface area (Å²) in [4.78, 5) is 17.1. The molecule has 0 aromatic rings. The Morgan fingerprint density at radius 3 is 0.600 bits per heavy atom. The van der Waals surface area contributed by atoms with Crippen LogP contribution in [0.25, 0.3) is 0 Å². The maximum atomic E-state index is 8.56. The summed E-state index contributed by atoms with van der Waals surface area (Å²) in [6.07, 6.45) is -3.67. The van der Waals surface area contributed by atoms with Gasteiger partial charge in [0.2, 0.25) is 0 Å². The van der Waals surface area contributed by atoms with E-state index in [2.05, 4.69) is 0 Å². The molecule has 0 aliphatic rings. The summed E-state index contributed by atoms with van der Waals surface area (Å²) in [5, 5.41) is 27.9. The molecule has 6 nitrogen and oxygen atoms in total. The molecular formula is C2H13Ca2Cl3Na2O6. The Balaban J connectivity index is -0.00000000468. The molecule has 0 bridgehead atoms. The minimum atomic E-state index is -1.83. The van der Waals surface area contributed by atoms with Crippen molar-refractivity contribution in [3.8, 4) is 0 Å². The first-order valence-electron chi connectivity index (χ1n) is 1.30. The SMILES string of the molecule is Cl.Cl.Cl.O=C(O)O.O=C(O)O.[CaH2].[CaH2].[NaH].[NaH]. The van der Waals surface area contributed by atoms with Crippen LogP contribution in [0.1, 0.15) is 0 Å². The summed E-state index contributed by atoms with van der Waals surface area (Å²) in [5.74, 6) is 0. The Bertz CT molecular complexity index is 90.4. The average Bonchev–Trinajstić information content (AvgIpc) is 1.25. The van der Waals surface area contributed by atoms with Gasteiger partial charge in [0.25, 0.3) is 0 Å². The molecule has 0 aromatic heterocycles. The van der Waals surface area contributed by atoms with Gasteiger partial charge in [-0.2, -0.15) is 0 Å². The number of halogens is 3. The predicted octanol–water partition coefficient (Wildman–Crippen LogP) is -1.42. The number of carbonyl (C=O) groups is 2. The third kappa shape index (κ3) is 295. The summed E-state index contributed by atoms with van der Waals surface area (Å²) in [6, 6.07) is 0. The van der Waals surface area contributed by atoms with Crippen LogP contribution in [0.2, 0.25) is 0 Å². The van der Waals surface area contributed by atoms with E-state index in [0.717, 1.165) is 0 Å². The quantitative estimate of drug-likeness (QED) is 0.392. The van der Waals surface area contributed by atoms with Crippen molar-refractivity contribution in [2.45, 2.75) is 0 Å². The third-order valence-electron chi connectivity index (χ3n) is 0. The van der Waals surface area contributed by atoms with Gasteiger partial charge < -0.3 is 20.4 Å². The number of hydrogen-bond donors (Lipinski definition) is 4. The first kappa shape index (κ1) is 61.7. The average molecular weight is 366 g/mol. The van der Waals surface area contributed by atoms with E-state index in [1.165, 1.54) is 0 Å². The molecule has 0 amide bonds. The monoisotopic (exact) mass is 364 g/mol. The van der Waals surface area contributed by atoms with Gasteiger partial charge in [0.1, 0.15) is 0 Å². The van der Waals surface area contributed by atoms with Gasteiger partial charge in [-0.15, -0.1) is 37.2 Å². The zero-order valence-electron chi connectivity index (χ0n) is 4.83. The second-order valence-corrected chi connectivity index (χ2v) is 0.565. The van der Waals surface area contributed by atoms with Crippen LogP contribution in [0.15, 0.2) is 0 Å². The first-order chi connectivity index (χ1) is 3.46. The van der Waals surface area contributed by atoms with E-state index in [1.54, 1.807) is 0 Å². The van der Waals surface area contributed by atoms with Gasteiger partial charge in [0.05, 0.1) is 0 Å². The molecule has 0 aliphatic carbocycles. The molecule has 15 heavy (non-hydrogen) atoms. The summed E-state index contributed by atoms with van der Waals surface area (Å²) < 4.78 is 0. The van der Waals surface area contributed by atoms with E-state index in [0.29, 0.717) is 0 Å². The molecule has 0 spiro atoms. The van der Waals surface area contributed by atoms with E-state index in [9.17, 15) is 0 Å². The van der Waals surface area contributed by atoms with E-state index < -0.39 is 12.3 Å². The fourth-order valence-electron chi connectivity index (χ4n) is 0. The van der Waals surface area contributed by atoms with E-state index >= 15 is 0 Å². The zero-order chi connectivity index (χ0) is 7.15. The van der Waals surface area contributed by atoms with E-state index in [-0.39, 0.29) is 172 Å². The van der Waals surface area contributed by atoms with Gasteiger partial charge >= 0.3 is 147 Å². The Morgan fingerprint density at radius 1 is 0.600 bits per heavy atom. The van der Waals surface area contributed by atoms with Crippen LogP contribution < -0.4 is 0 Å². The first-order valence-corrected chi connectivity index (χ1v) is 1.30. The molecule has 0 aliphatic heterocycles. The van der Waals surface area contributed by atoms with Crippen molar-refractivity contribution in [1.29, 1.82) is 0 Å². The molecule has 84 valence electrons. The molecule has 13 heteroatoms. The van der Waals surface area contributed by atoms with E-state index in [4.69, 9.17) is 30.0 Å². The van der Waals surface area contributed by atoms with Crippen LogP contribution in [0.3, 0.4) is 0 Å². The molecule has 0 unspecified atom stereocenters. The fourth-order valence-corrected chi connectivity index (χ4v) is 0. The van der Waals surface area contributed by atoms with Gasteiger partial charge in [-0.1, -0.05) is 0 Å². The summed E-state index contributed by atoms with van der Waals surface area (Å²) in [7, 11) is 0. The van der Waals surface area contributed by atoms with Crippen molar-refractivity contribution < 1.29 is 30.0 Å². The number of carboxylic acid groups (broad SMARTS) is 4. The Labute approximate surface area is 209 Å². The normalized spacial score (nSPS) is 3.20. The van der Waals surface area contributed by atoms with Gasteiger partial charge in [-0.05, 0) is 0 Å². The van der Waals surface area contributed by atoms with Crippen molar-refractivity contribution in [3.05, 3.63) is 0 Å². The van der Waals surface area contributed by atoms with E-state index in [1.807, 2.05) is 0 Å². The molecule has 0 atom stereocenters. The molecular weight excluding hydrogens is 353 g/mol. The van der Waals surface area contributed by atoms with Crippen molar-refractivity contribution in [2.24, 2.45) is 0 Å². The summed E-state index contributed by atoms with van der Waals surface area (Å²) in [5.41, 5.74) is 0. The minimum absolute atomic E-state index is 0. The molecule has 4 N–H and O–H groups in total. The second-order valence-electron chi connectivity index (χ2n) is 0.565. The van der Waals surface area contributed by atoms with Crippen LogP contribution >= 0.6 is 37.2 Å². The molecule has 0 fully saturated rings. The van der Waals surface area contributed by atoms with Crippen LogP contribution in [0.4, 0.5) is 9.59 Å². The van der Waals surface area contributed by atoms with Crippen molar-refractivity contribution >= 4 is 184 Å². The molecule has 0 heterocycles. The van der Waals surface area contributed by atoms with Crippen LogP contribution in [0, 0.1) is 0 Å². The summed E-state index contributed by atoms with van der Waals surface area (Å²) in [6.45, 7) is 0. The Morgan fingerprint density at radius 2 is 0.600 bits per heavy atom. The predicted molar refractivity (Wildman–Crippen MR) is 74.4 cm³/mol. The van der Waals surface area contributed by atoms with Gasteiger partial charge in [-0.25, -0.2) is 9.59 Å². The number of rotatable bonds is 0. The molecule has 0 saturated heterocycles. The van der Waals surface area contributed by atoms with Crippen molar-refractivity contribution in [1.82, 2.24) is 0 Å². The molecule has 0 saturated carbocycles. The van der Waals surface area contributed by atoms with Crippen molar-refractivity contribution in [3.63, 3.8) is 0 Å². The molecule has 0 radical (unpaired) electrons. The summed E-state index contributed by atoms with van der Waals surface area (Å²) >= 11 is 0. The Hall–Kier alpha value is 3.93. The number of hydrogen-bond acceptors (Lipinski definition) is 2.